The predicted octanol–water partition coefficient (Wildman–Crippen LogP) is 2.91. The molecule has 17 heavy (non-hydrogen) atoms. The summed E-state index contributed by atoms with van der Waals surface area (Å²) in [6.45, 7) is 0. The fraction of sp³-hybridized carbons (Fsp3) is 0.200. The van der Waals surface area contributed by atoms with E-state index in [0.717, 1.165) is 7.11 Å². The Morgan fingerprint density at radius 2 is 2.00 bits per heavy atom. The summed E-state index contributed by atoms with van der Waals surface area (Å²) in [6.07, 6.45) is -4.44. The Hall–Kier alpha value is -1.56. The van der Waals surface area contributed by atoms with E-state index in [1.807, 2.05) is 0 Å². The third-order valence-corrected chi connectivity index (χ3v) is 2.22. The van der Waals surface area contributed by atoms with Crippen LogP contribution in [0.2, 0.25) is 0 Å². The van der Waals surface area contributed by atoms with Gasteiger partial charge in [0.1, 0.15) is 5.75 Å². The summed E-state index contributed by atoms with van der Waals surface area (Å²) >= 11 is 5.12. The van der Waals surface area contributed by atoms with Crippen molar-refractivity contribution in [1.29, 1.82) is 0 Å². The van der Waals surface area contributed by atoms with Crippen molar-refractivity contribution < 1.29 is 27.5 Å². The molecule has 3 nitrogen and oxygen atoms in total. The highest BCUT2D eigenvalue weighted by Gasteiger charge is 2.33. The Bertz CT molecular complexity index is 469. The molecule has 0 bridgehead atoms. The van der Waals surface area contributed by atoms with Gasteiger partial charge in [-0.1, -0.05) is 0 Å². The molecule has 0 aliphatic heterocycles. The van der Waals surface area contributed by atoms with E-state index in [1.54, 1.807) is 0 Å². The smallest absolute Gasteiger partial charge is 0.416 e. The first-order chi connectivity index (χ1) is 7.81. The van der Waals surface area contributed by atoms with Gasteiger partial charge in [-0.2, -0.15) is 13.2 Å². The Balaban J connectivity index is 3.57. The molecule has 0 aliphatic rings. The number of aldehydes is 1. The molecular formula is C10H6ClF3O3. The number of hydrogen-bond donors (Lipinski definition) is 0. The second-order valence-electron chi connectivity index (χ2n) is 3.03. The van der Waals surface area contributed by atoms with Crippen molar-refractivity contribution in [2.24, 2.45) is 0 Å². The zero-order valence-electron chi connectivity index (χ0n) is 8.47. The number of ether oxygens (including phenoxy) is 1. The van der Waals surface area contributed by atoms with Gasteiger partial charge in [-0.25, -0.2) is 0 Å². The molecule has 92 valence electrons. The highest BCUT2D eigenvalue weighted by Crippen LogP contribution is 2.35. The van der Waals surface area contributed by atoms with Gasteiger partial charge in [0.2, 0.25) is 0 Å². The largest absolute Gasteiger partial charge is 0.496 e. The lowest BCUT2D eigenvalue weighted by molar-refractivity contribution is -0.137. The standard InChI is InChI=1S/C10H6ClF3O3/c1-17-8-3-5(10(12,13)14)2-6(9(11)16)7(8)4-15/h2-4H,1H3. The average Bonchev–Trinajstić information content (AvgIpc) is 2.25. The van der Waals surface area contributed by atoms with Crippen LogP contribution in [-0.2, 0) is 6.18 Å². The van der Waals surface area contributed by atoms with Crippen molar-refractivity contribution in [2.75, 3.05) is 7.11 Å². The van der Waals surface area contributed by atoms with Crippen molar-refractivity contribution >= 4 is 23.1 Å². The number of hydrogen-bond acceptors (Lipinski definition) is 3. The average molecular weight is 267 g/mol. The van der Waals surface area contributed by atoms with Crippen molar-refractivity contribution in [1.82, 2.24) is 0 Å². The number of carbonyl (C=O) groups excluding carboxylic acids is 2. The summed E-state index contributed by atoms with van der Waals surface area (Å²) in [6, 6.07) is 1.15. The molecule has 7 heteroatoms. The van der Waals surface area contributed by atoms with Crippen LogP contribution in [0.5, 0.6) is 5.75 Å². The van der Waals surface area contributed by atoms with E-state index in [2.05, 4.69) is 4.74 Å². The Labute approximate surface area is 99.1 Å². The molecule has 1 aromatic carbocycles. The second-order valence-corrected chi connectivity index (χ2v) is 3.37. The van der Waals surface area contributed by atoms with Crippen LogP contribution in [0.1, 0.15) is 26.3 Å². The van der Waals surface area contributed by atoms with E-state index in [0.29, 0.717) is 12.1 Å². The Morgan fingerprint density at radius 1 is 1.41 bits per heavy atom. The normalized spacial score (nSPS) is 11.1. The summed E-state index contributed by atoms with van der Waals surface area (Å²) < 4.78 is 42.1. The van der Waals surface area contributed by atoms with E-state index in [-0.39, 0.29) is 17.6 Å². The molecule has 0 spiro atoms. The lowest BCUT2D eigenvalue weighted by Gasteiger charge is -2.12. The predicted molar refractivity (Wildman–Crippen MR) is 53.6 cm³/mol. The number of halogens is 4. The minimum atomic E-state index is -4.66. The summed E-state index contributed by atoms with van der Waals surface area (Å²) in [7, 11) is 1.09. The number of carbonyl (C=O) groups is 2. The first-order valence-electron chi connectivity index (χ1n) is 4.25. The van der Waals surface area contributed by atoms with Gasteiger partial charge in [0.25, 0.3) is 5.24 Å². The molecule has 1 aromatic rings. The highest BCUT2D eigenvalue weighted by molar-refractivity contribution is 6.68. The van der Waals surface area contributed by atoms with Crippen LogP contribution in [0.4, 0.5) is 13.2 Å². The quantitative estimate of drug-likeness (QED) is 0.624. The van der Waals surface area contributed by atoms with Crippen LogP contribution >= 0.6 is 11.6 Å². The van der Waals surface area contributed by atoms with E-state index in [1.165, 1.54) is 0 Å². The van der Waals surface area contributed by atoms with Crippen LogP contribution in [-0.4, -0.2) is 18.6 Å². The van der Waals surface area contributed by atoms with E-state index in [4.69, 9.17) is 11.6 Å². The molecule has 0 atom stereocenters. The number of rotatable bonds is 3. The second kappa shape index (κ2) is 4.75. The summed E-state index contributed by atoms with van der Waals surface area (Å²) in [5.41, 5.74) is -1.95. The maximum atomic E-state index is 12.5. The van der Waals surface area contributed by atoms with Crippen molar-refractivity contribution in [3.8, 4) is 5.75 Å². The van der Waals surface area contributed by atoms with Gasteiger partial charge < -0.3 is 4.74 Å². The molecule has 0 saturated heterocycles. The molecule has 0 saturated carbocycles. The van der Waals surface area contributed by atoms with E-state index >= 15 is 0 Å². The molecule has 0 amide bonds. The Kier molecular flexibility index (Phi) is 3.77. The Morgan fingerprint density at radius 3 is 2.35 bits per heavy atom. The molecule has 0 unspecified atom stereocenters. The lowest BCUT2D eigenvalue weighted by Crippen LogP contribution is -2.09. The van der Waals surface area contributed by atoms with Gasteiger partial charge in [0, 0.05) is 5.56 Å². The molecule has 0 aromatic heterocycles. The minimum Gasteiger partial charge on any atom is -0.496 e. The highest BCUT2D eigenvalue weighted by atomic mass is 35.5. The topological polar surface area (TPSA) is 43.4 Å². The number of methoxy groups -OCH3 is 1. The maximum absolute atomic E-state index is 12.5. The van der Waals surface area contributed by atoms with Crippen LogP contribution in [0, 0.1) is 0 Å². The van der Waals surface area contributed by atoms with Crippen molar-refractivity contribution in [2.45, 2.75) is 6.18 Å². The fourth-order valence-electron chi connectivity index (χ4n) is 1.24. The fourth-order valence-corrected chi connectivity index (χ4v) is 1.40. The first kappa shape index (κ1) is 13.5. The van der Waals surface area contributed by atoms with Gasteiger partial charge in [-0.05, 0) is 23.7 Å². The summed E-state index contributed by atoms with van der Waals surface area (Å²) in [4.78, 5) is 21.7. The van der Waals surface area contributed by atoms with Crippen LogP contribution < -0.4 is 4.74 Å². The van der Waals surface area contributed by atoms with Crippen molar-refractivity contribution in [3.63, 3.8) is 0 Å². The molecule has 0 aliphatic carbocycles. The SMILES string of the molecule is COc1cc(C(F)(F)F)cc(C(=O)Cl)c1C=O. The van der Waals surface area contributed by atoms with Gasteiger partial charge in [-0.15, -0.1) is 0 Å². The minimum absolute atomic E-state index is 0.217. The third-order valence-electron chi connectivity index (χ3n) is 2.02. The van der Waals surface area contributed by atoms with Crippen LogP contribution in [0.25, 0.3) is 0 Å². The summed E-state index contributed by atoms with van der Waals surface area (Å²) in [5, 5.41) is -1.16. The van der Waals surface area contributed by atoms with Crippen LogP contribution in [0.15, 0.2) is 12.1 Å². The van der Waals surface area contributed by atoms with Gasteiger partial charge in [-0.3, -0.25) is 9.59 Å². The monoisotopic (exact) mass is 266 g/mol. The molecule has 0 radical (unpaired) electrons. The zero-order valence-corrected chi connectivity index (χ0v) is 9.22. The van der Waals surface area contributed by atoms with Gasteiger partial charge in [0.15, 0.2) is 6.29 Å². The van der Waals surface area contributed by atoms with E-state index in [9.17, 15) is 22.8 Å². The maximum Gasteiger partial charge on any atom is 0.416 e. The molecule has 1 rings (SSSR count). The first-order valence-corrected chi connectivity index (χ1v) is 4.63. The molecule has 0 fully saturated rings. The molecule has 0 heterocycles. The third kappa shape index (κ3) is 2.76. The number of alkyl halides is 3. The zero-order chi connectivity index (χ0) is 13.2. The molecule has 0 N–H and O–H groups in total. The lowest BCUT2D eigenvalue weighted by atomic mass is 10.0. The summed E-state index contributed by atoms with van der Waals surface area (Å²) in [5.74, 6) is -0.348. The van der Waals surface area contributed by atoms with Gasteiger partial charge in [0.05, 0.1) is 18.2 Å². The van der Waals surface area contributed by atoms with Crippen molar-refractivity contribution in [3.05, 3.63) is 28.8 Å². The van der Waals surface area contributed by atoms with Gasteiger partial charge >= 0.3 is 6.18 Å². The number of benzene rings is 1. The van der Waals surface area contributed by atoms with Crippen LogP contribution in [0.3, 0.4) is 0 Å². The molecular weight excluding hydrogens is 261 g/mol. The van der Waals surface area contributed by atoms with E-state index < -0.39 is 22.5 Å².